The van der Waals surface area contributed by atoms with Gasteiger partial charge in [0.15, 0.2) is 0 Å². The fourth-order valence-corrected chi connectivity index (χ4v) is 3.85. The molecule has 0 radical (unpaired) electrons. The first-order valence-electron chi connectivity index (χ1n) is 8.51. The highest BCUT2D eigenvalue weighted by molar-refractivity contribution is 5.93. The molecule has 0 aromatic heterocycles. The Morgan fingerprint density at radius 2 is 2.22 bits per heavy atom. The lowest BCUT2D eigenvalue weighted by molar-refractivity contribution is -0.117. The Balaban J connectivity index is 0.00000192. The summed E-state index contributed by atoms with van der Waals surface area (Å²) in [7, 11) is 0. The lowest BCUT2D eigenvalue weighted by Gasteiger charge is -2.34. The second-order valence-corrected chi connectivity index (χ2v) is 6.64. The van der Waals surface area contributed by atoms with Crippen molar-refractivity contribution in [3.8, 4) is 0 Å². The van der Waals surface area contributed by atoms with Crippen LogP contribution < -0.4 is 10.6 Å². The van der Waals surface area contributed by atoms with Crippen molar-refractivity contribution < 1.29 is 4.79 Å². The molecule has 23 heavy (non-hydrogen) atoms. The largest absolute Gasteiger partial charge is 0.324 e. The maximum Gasteiger partial charge on any atom is 0.238 e. The van der Waals surface area contributed by atoms with Crippen molar-refractivity contribution in [2.45, 2.75) is 39.2 Å². The summed E-state index contributed by atoms with van der Waals surface area (Å²) in [6.07, 6.45) is 3.36. The van der Waals surface area contributed by atoms with Gasteiger partial charge in [0, 0.05) is 24.8 Å². The van der Waals surface area contributed by atoms with Crippen LogP contribution >= 0.6 is 12.4 Å². The van der Waals surface area contributed by atoms with Crippen LogP contribution in [0.2, 0.25) is 0 Å². The number of piperidine rings is 1. The number of carbonyl (C=O) groups excluding carboxylic acids is 1. The van der Waals surface area contributed by atoms with Crippen molar-refractivity contribution in [1.82, 2.24) is 10.2 Å². The Labute approximate surface area is 145 Å². The number of para-hydroxylation sites is 1. The molecule has 2 saturated heterocycles. The van der Waals surface area contributed by atoms with E-state index in [4.69, 9.17) is 0 Å². The van der Waals surface area contributed by atoms with Gasteiger partial charge in [0.2, 0.25) is 5.91 Å². The maximum atomic E-state index is 12.4. The molecular weight excluding hydrogens is 310 g/mol. The Bertz CT molecular complexity index is 549. The van der Waals surface area contributed by atoms with E-state index in [1.165, 1.54) is 18.4 Å². The minimum Gasteiger partial charge on any atom is -0.324 e. The van der Waals surface area contributed by atoms with Crippen LogP contribution in [-0.2, 0) is 11.2 Å². The van der Waals surface area contributed by atoms with Crippen LogP contribution in [0.5, 0.6) is 0 Å². The van der Waals surface area contributed by atoms with Gasteiger partial charge in [-0.25, -0.2) is 0 Å². The number of halogens is 1. The summed E-state index contributed by atoms with van der Waals surface area (Å²) in [5.41, 5.74) is 3.37. The number of nitrogens with one attached hydrogen (secondary N) is 2. The molecule has 2 aliphatic heterocycles. The summed E-state index contributed by atoms with van der Waals surface area (Å²) in [6.45, 7) is 7.92. The number of rotatable bonds is 4. The monoisotopic (exact) mass is 337 g/mol. The van der Waals surface area contributed by atoms with E-state index in [-0.39, 0.29) is 18.3 Å². The zero-order valence-corrected chi connectivity index (χ0v) is 14.9. The van der Waals surface area contributed by atoms with E-state index in [1.54, 1.807) is 0 Å². The number of likely N-dealkylation sites (tertiary alicyclic amines) is 1. The third kappa shape index (κ3) is 4.25. The number of hydrogen-bond donors (Lipinski definition) is 2. The average Bonchev–Trinajstić information content (AvgIpc) is 2.97. The molecule has 5 heteroatoms. The van der Waals surface area contributed by atoms with E-state index in [0.717, 1.165) is 43.2 Å². The first kappa shape index (κ1) is 18.2. The van der Waals surface area contributed by atoms with Gasteiger partial charge >= 0.3 is 0 Å². The van der Waals surface area contributed by atoms with Crippen LogP contribution in [0.3, 0.4) is 0 Å². The van der Waals surface area contributed by atoms with Gasteiger partial charge in [-0.3, -0.25) is 9.69 Å². The minimum absolute atomic E-state index is 0. The Hall–Kier alpha value is -1.10. The van der Waals surface area contributed by atoms with Crippen molar-refractivity contribution in [2.75, 3.05) is 31.5 Å². The average molecular weight is 338 g/mol. The Kier molecular flexibility index (Phi) is 6.45. The van der Waals surface area contributed by atoms with Crippen LogP contribution in [0.4, 0.5) is 5.69 Å². The van der Waals surface area contributed by atoms with Gasteiger partial charge in [0.1, 0.15) is 0 Å². The summed E-state index contributed by atoms with van der Waals surface area (Å²) in [4.78, 5) is 14.7. The van der Waals surface area contributed by atoms with Crippen molar-refractivity contribution in [3.63, 3.8) is 0 Å². The molecule has 2 atom stereocenters. The van der Waals surface area contributed by atoms with E-state index in [2.05, 4.69) is 47.6 Å². The fourth-order valence-electron chi connectivity index (χ4n) is 3.85. The SMILES string of the molecule is CCc1cccc(C)c1NC(=O)CN1CCC2NCCC2C1.Cl. The number of nitrogens with zero attached hydrogens (tertiary/aromatic N) is 1. The van der Waals surface area contributed by atoms with Crippen molar-refractivity contribution in [2.24, 2.45) is 5.92 Å². The minimum atomic E-state index is 0. The predicted octanol–water partition coefficient (Wildman–Crippen LogP) is 2.60. The molecule has 4 nitrogen and oxygen atoms in total. The molecule has 128 valence electrons. The Morgan fingerprint density at radius 3 is 3.00 bits per heavy atom. The van der Waals surface area contributed by atoms with Gasteiger partial charge < -0.3 is 10.6 Å². The van der Waals surface area contributed by atoms with E-state index in [1.807, 2.05) is 0 Å². The molecule has 1 amide bonds. The molecule has 3 rings (SSSR count). The van der Waals surface area contributed by atoms with Crippen LogP contribution in [-0.4, -0.2) is 43.0 Å². The van der Waals surface area contributed by atoms with E-state index in [0.29, 0.717) is 12.6 Å². The molecule has 0 bridgehead atoms. The molecule has 0 saturated carbocycles. The molecule has 2 N–H and O–H groups in total. The highest BCUT2D eigenvalue weighted by Gasteiger charge is 2.33. The molecule has 2 aliphatic rings. The van der Waals surface area contributed by atoms with Gasteiger partial charge in [-0.2, -0.15) is 0 Å². The molecule has 2 heterocycles. The van der Waals surface area contributed by atoms with Gasteiger partial charge in [0.25, 0.3) is 0 Å². The van der Waals surface area contributed by atoms with Crippen LogP contribution in [0.15, 0.2) is 18.2 Å². The lowest BCUT2D eigenvalue weighted by atomic mass is 9.93. The number of benzene rings is 1. The van der Waals surface area contributed by atoms with Gasteiger partial charge in [0.05, 0.1) is 6.54 Å². The summed E-state index contributed by atoms with van der Waals surface area (Å²) in [5, 5.41) is 6.71. The number of fused-ring (bicyclic) bond motifs is 1. The molecule has 0 spiro atoms. The predicted molar refractivity (Wildman–Crippen MR) is 97.4 cm³/mol. The second-order valence-electron chi connectivity index (χ2n) is 6.64. The normalized spacial score (nSPS) is 23.9. The quantitative estimate of drug-likeness (QED) is 0.887. The van der Waals surface area contributed by atoms with E-state index < -0.39 is 0 Å². The topological polar surface area (TPSA) is 44.4 Å². The van der Waals surface area contributed by atoms with Crippen molar-refractivity contribution in [1.29, 1.82) is 0 Å². The first-order chi connectivity index (χ1) is 10.7. The van der Waals surface area contributed by atoms with Crippen LogP contribution in [0, 0.1) is 12.8 Å². The lowest BCUT2D eigenvalue weighted by Crippen LogP contribution is -2.46. The number of anilines is 1. The van der Waals surface area contributed by atoms with Crippen molar-refractivity contribution >= 4 is 24.0 Å². The highest BCUT2D eigenvalue weighted by Crippen LogP contribution is 2.25. The summed E-state index contributed by atoms with van der Waals surface area (Å²) < 4.78 is 0. The maximum absolute atomic E-state index is 12.4. The van der Waals surface area contributed by atoms with Gasteiger partial charge in [-0.1, -0.05) is 25.1 Å². The van der Waals surface area contributed by atoms with E-state index in [9.17, 15) is 4.79 Å². The standard InChI is InChI=1S/C18H27N3O.ClH/c1-3-14-6-4-5-13(2)18(14)20-17(22)12-21-10-8-16-15(11-21)7-9-19-16;/h4-6,15-16,19H,3,7-12H2,1-2H3,(H,20,22);1H. The number of aryl methyl sites for hydroxylation is 2. The summed E-state index contributed by atoms with van der Waals surface area (Å²) in [5.74, 6) is 0.847. The fraction of sp³-hybridized carbons (Fsp3) is 0.611. The van der Waals surface area contributed by atoms with Gasteiger partial charge in [-0.05, 0) is 49.8 Å². The van der Waals surface area contributed by atoms with Crippen LogP contribution in [0.1, 0.15) is 30.9 Å². The second kappa shape index (κ2) is 8.13. The molecule has 1 aromatic carbocycles. The Morgan fingerprint density at radius 1 is 1.39 bits per heavy atom. The van der Waals surface area contributed by atoms with Gasteiger partial charge in [-0.15, -0.1) is 12.4 Å². The highest BCUT2D eigenvalue weighted by atomic mass is 35.5. The molecule has 0 aliphatic carbocycles. The smallest absolute Gasteiger partial charge is 0.238 e. The summed E-state index contributed by atoms with van der Waals surface area (Å²) in [6, 6.07) is 6.90. The first-order valence-corrected chi connectivity index (χ1v) is 8.51. The third-order valence-electron chi connectivity index (χ3n) is 5.11. The molecule has 1 aromatic rings. The number of carbonyl (C=O) groups is 1. The summed E-state index contributed by atoms with van der Waals surface area (Å²) >= 11 is 0. The third-order valence-corrected chi connectivity index (χ3v) is 5.11. The number of hydrogen-bond acceptors (Lipinski definition) is 3. The molecule has 2 fully saturated rings. The van der Waals surface area contributed by atoms with Crippen molar-refractivity contribution in [3.05, 3.63) is 29.3 Å². The molecule has 2 unspecified atom stereocenters. The zero-order valence-electron chi connectivity index (χ0n) is 14.1. The number of amides is 1. The van der Waals surface area contributed by atoms with Crippen LogP contribution in [0.25, 0.3) is 0 Å². The van der Waals surface area contributed by atoms with E-state index >= 15 is 0 Å². The molecular formula is C18H28ClN3O. The zero-order chi connectivity index (χ0) is 15.5.